The molecule has 0 aliphatic heterocycles. The summed E-state index contributed by atoms with van der Waals surface area (Å²) in [4.78, 5) is 0. The van der Waals surface area contributed by atoms with Crippen molar-refractivity contribution in [2.24, 2.45) is 113 Å². The van der Waals surface area contributed by atoms with Gasteiger partial charge in [0.05, 0.1) is 0 Å². The van der Waals surface area contributed by atoms with Crippen molar-refractivity contribution in [1.29, 1.82) is 0 Å². The molecule has 0 N–H and O–H groups in total. The van der Waals surface area contributed by atoms with Crippen LogP contribution in [0.3, 0.4) is 0 Å². The maximum Gasteiger partial charge on any atom is -0.00854 e. The largest absolute Gasteiger partial charge is 0.0850 e. The first kappa shape index (κ1) is 44.7. The van der Waals surface area contributed by atoms with Crippen molar-refractivity contribution in [2.45, 2.75) is 239 Å². The second kappa shape index (κ2) is 14.0. The van der Waals surface area contributed by atoms with E-state index in [1.165, 1.54) is 128 Å². The maximum atomic E-state index is 2.80. The van der Waals surface area contributed by atoms with Crippen LogP contribution in [0.2, 0.25) is 0 Å². The van der Waals surface area contributed by atoms with Crippen LogP contribution in [0.1, 0.15) is 239 Å². The topological polar surface area (TPSA) is 0 Å². The number of fused-ring (bicyclic) bond motifs is 14. The van der Waals surface area contributed by atoms with Gasteiger partial charge in [0.2, 0.25) is 0 Å². The first-order valence-corrected chi connectivity index (χ1v) is 27.2. The van der Waals surface area contributed by atoms with Gasteiger partial charge in [-0.3, -0.25) is 0 Å². The Morgan fingerprint density at radius 1 is 0.350 bits per heavy atom. The van der Waals surface area contributed by atoms with Gasteiger partial charge in [-0.2, -0.15) is 0 Å². The fourth-order valence-electron chi connectivity index (χ4n) is 23.3. The quantitative estimate of drug-likeness (QED) is 0.244. The van der Waals surface area contributed by atoms with Crippen LogP contribution in [-0.4, -0.2) is 0 Å². The molecule has 0 bridgehead atoms. The Morgan fingerprint density at radius 3 is 0.967 bits per heavy atom. The monoisotopic (exact) mass is 821 g/mol. The van der Waals surface area contributed by atoms with Crippen LogP contribution in [0.4, 0.5) is 0 Å². The van der Waals surface area contributed by atoms with Crippen LogP contribution in [0.25, 0.3) is 0 Å². The van der Waals surface area contributed by atoms with Crippen LogP contribution >= 0.6 is 0 Å². The molecule has 60 heavy (non-hydrogen) atoms. The number of hydrogen-bond acceptors (Lipinski definition) is 0. The zero-order valence-corrected chi connectivity index (χ0v) is 43.1. The van der Waals surface area contributed by atoms with E-state index in [1.54, 1.807) is 11.1 Å². The molecule has 10 aliphatic rings. The van der Waals surface area contributed by atoms with Gasteiger partial charge in [0, 0.05) is 0 Å². The van der Waals surface area contributed by atoms with Crippen LogP contribution in [-0.2, 0) is 0 Å². The lowest BCUT2D eigenvalue weighted by Gasteiger charge is -2.73. The van der Waals surface area contributed by atoms with E-state index in [-0.39, 0.29) is 0 Å². The third kappa shape index (κ3) is 5.45. The molecule has 0 saturated heterocycles. The summed E-state index contributed by atoms with van der Waals surface area (Å²) < 4.78 is 0. The second-order valence-corrected chi connectivity index (χ2v) is 28.7. The SMILES string of the molecule is CC1=CCC[C@H]2[C@]3(C)CC[C@@]4(C)[C@@H]5CC[C@H](C(C)C)[C@@]5(C)CC[C@]4(C)[C@H]3CC[C@]12C.CC1=CCC[C@H]2[C@]3(C)CC[C@@]4(C)[C@@H]5CC[C@H](C(C)C)[C@@]5(C)CC[C@]4(C)[C@H]3CC[C@]12C. The molecule has 0 aromatic heterocycles. The van der Waals surface area contributed by atoms with Gasteiger partial charge in [-0.1, -0.05) is 120 Å². The van der Waals surface area contributed by atoms with E-state index in [9.17, 15) is 0 Å². The van der Waals surface area contributed by atoms with Gasteiger partial charge < -0.3 is 0 Å². The maximum absolute atomic E-state index is 2.80. The van der Waals surface area contributed by atoms with Crippen LogP contribution in [0, 0.1) is 113 Å². The third-order valence-electron chi connectivity index (χ3n) is 27.1. The molecule has 0 radical (unpaired) electrons. The van der Waals surface area contributed by atoms with E-state index in [4.69, 9.17) is 0 Å². The van der Waals surface area contributed by atoms with Gasteiger partial charge in [0.15, 0.2) is 0 Å². The summed E-state index contributed by atoms with van der Waals surface area (Å²) in [7, 11) is 0. The van der Waals surface area contributed by atoms with Crippen LogP contribution < -0.4 is 0 Å². The molecule has 0 spiro atoms. The Bertz CT molecular complexity index is 1620. The molecule has 0 amide bonds. The zero-order chi connectivity index (χ0) is 43.5. The lowest BCUT2D eigenvalue weighted by atomic mass is 9.32. The Hall–Kier alpha value is -0.520. The summed E-state index contributed by atoms with van der Waals surface area (Å²) in [6, 6.07) is 0. The summed E-state index contributed by atoms with van der Waals surface area (Å²) >= 11 is 0. The molecule has 10 aliphatic carbocycles. The molecule has 0 heteroatoms. The first-order valence-electron chi connectivity index (χ1n) is 27.2. The molecule has 0 unspecified atom stereocenters. The highest BCUT2D eigenvalue weighted by Crippen LogP contribution is 2.81. The molecule has 0 nitrogen and oxygen atoms in total. The summed E-state index contributed by atoms with van der Waals surface area (Å²) in [6.45, 7) is 42.4. The normalized spacial score (nSPS) is 57.8. The van der Waals surface area contributed by atoms with E-state index in [1.807, 2.05) is 0 Å². The number of allylic oxidation sites excluding steroid dienone is 4. The van der Waals surface area contributed by atoms with Crippen LogP contribution in [0.5, 0.6) is 0 Å². The predicted molar refractivity (Wildman–Crippen MR) is 259 cm³/mol. The van der Waals surface area contributed by atoms with E-state index < -0.39 is 0 Å². The number of hydrogen-bond donors (Lipinski definition) is 0. The second-order valence-electron chi connectivity index (χ2n) is 28.7. The Balaban J connectivity index is 0.000000154. The van der Waals surface area contributed by atoms with Crippen molar-refractivity contribution in [3.63, 3.8) is 0 Å². The van der Waals surface area contributed by atoms with Crippen molar-refractivity contribution >= 4 is 0 Å². The van der Waals surface area contributed by atoms with Gasteiger partial charge in [-0.05, 0) is 256 Å². The standard InChI is InChI=1S/2C30H50/c2*1-20(2)22-12-13-24-27(22,5)16-18-30(8)25-14-15-26(4)21(3)10-9-11-23(26)28(25,6)17-19-29(24,30)7/h2*10,20,22-25H,9,11-19H2,1-8H3/t2*22-,23-,24-,25+,26-,27-,28+,29+,30-/m11/s1. The average molecular weight is 821 g/mol. The highest BCUT2D eigenvalue weighted by atomic mass is 14.8. The summed E-state index contributed by atoms with van der Waals surface area (Å²) in [5, 5.41) is 0. The highest BCUT2D eigenvalue weighted by molar-refractivity contribution is 5.27. The van der Waals surface area contributed by atoms with Crippen molar-refractivity contribution in [2.75, 3.05) is 0 Å². The predicted octanol–water partition coefficient (Wildman–Crippen LogP) is 18.1. The summed E-state index contributed by atoms with van der Waals surface area (Å²) in [6.07, 6.45) is 34.6. The lowest BCUT2D eigenvalue weighted by Crippen LogP contribution is -2.65. The molecular weight excluding hydrogens is 721 g/mol. The molecule has 0 aromatic carbocycles. The van der Waals surface area contributed by atoms with Crippen molar-refractivity contribution in [1.82, 2.24) is 0 Å². The molecule has 0 aromatic rings. The van der Waals surface area contributed by atoms with Crippen molar-refractivity contribution < 1.29 is 0 Å². The van der Waals surface area contributed by atoms with Gasteiger partial charge in [-0.25, -0.2) is 0 Å². The molecule has 340 valence electrons. The smallest absolute Gasteiger partial charge is 0.00854 e. The minimum Gasteiger partial charge on any atom is -0.0850 e. The summed E-state index contributed by atoms with van der Waals surface area (Å²) in [5.74, 6) is 9.25. The Morgan fingerprint density at radius 2 is 0.650 bits per heavy atom. The minimum absolute atomic E-state index is 0.479. The molecule has 0 heterocycles. The third-order valence-corrected chi connectivity index (χ3v) is 27.1. The van der Waals surface area contributed by atoms with Gasteiger partial charge in [0.25, 0.3) is 0 Å². The van der Waals surface area contributed by atoms with Crippen molar-refractivity contribution in [3.05, 3.63) is 23.3 Å². The number of rotatable bonds is 2. The van der Waals surface area contributed by atoms with Gasteiger partial charge in [0.1, 0.15) is 0 Å². The molecule has 18 atom stereocenters. The van der Waals surface area contributed by atoms with Gasteiger partial charge >= 0.3 is 0 Å². The van der Waals surface area contributed by atoms with E-state index >= 15 is 0 Å². The van der Waals surface area contributed by atoms with E-state index in [0.29, 0.717) is 54.1 Å². The fraction of sp³-hybridized carbons (Fsp3) is 0.933. The van der Waals surface area contributed by atoms with E-state index in [2.05, 4.69) is 123 Å². The average Bonchev–Trinajstić information content (AvgIpc) is 3.74. The highest BCUT2D eigenvalue weighted by Gasteiger charge is 2.73. The first-order chi connectivity index (χ1) is 27.9. The van der Waals surface area contributed by atoms with Gasteiger partial charge in [-0.15, -0.1) is 0 Å². The Labute approximate surface area is 374 Å². The van der Waals surface area contributed by atoms with E-state index in [0.717, 1.165) is 59.2 Å². The molecule has 8 saturated carbocycles. The fourth-order valence-corrected chi connectivity index (χ4v) is 23.3. The molecule has 10 rings (SSSR count). The Kier molecular flexibility index (Phi) is 10.4. The minimum atomic E-state index is 0.479. The summed E-state index contributed by atoms with van der Waals surface area (Å²) in [5.41, 5.74) is 8.93. The zero-order valence-electron chi connectivity index (χ0n) is 43.1. The molecule has 8 fully saturated rings. The molecular formula is C60H100. The van der Waals surface area contributed by atoms with Crippen LogP contribution in [0.15, 0.2) is 23.3 Å². The lowest BCUT2D eigenvalue weighted by molar-refractivity contribution is -0.235. The van der Waals surface area contributed by atoms with Crippen molar-refractivity contribution in [3.8, 4) is 0 Å².